The Morgan fingerprint density at radius 1 is 0.904 bits per heavy atom. The zero-order valence-electron chi connectivity index (χ0n) is 32.3. The first kappa shape index (κ1) is 38.9. The van der Waals surface area contributed by atoms with Crippen LogP contribution in [0.3, 0.4) is 0 Å². The lowest BCUT2D eigenvalue weighted by atomic mass is 10.1. The number of nitrogens with zero attached hydrogens (tertiary/aromatic N) is 5. The van der Waals surface area contributed by atoms with Gasteiger partial charge in [0.05, 0.1) is 48.2 Å². The molecule has 5 rings (SSSR count). The van der Waals surface area contributed by atoms with Crippen molar-refractivity contribution in [2.75, 3.05) is 37.7 Å². The van der Waals surface area contributed by atoms with Gasteiger partial charge in [0.15, 0.2) is 0 Å². The van der Waals surface area contributed by atoms with Crippen molar-refractivity contribution in [3.63, 3.8) is 0 Å². The number of rotatable bonds is 11. The predicted molar refractivity (Wildman–Crippen MR) is 207 cm³/mol. The Morgan fingerprint density at radius 2 is 1.58 bits per heavy atom. The van der Waals surface area contributed by atoms with Crippen molar-refractivity contribution in [3.8, 4) is 33.8 Å². The summed E-state index contributed by atoms with van der Waals surface area (Å²) < 4.78 is 19.3. The Hall–Kier alpha value is -4.36. The number of benzene rings is 1. The van der Waals surface area contributed by atoms with Gasteiger partial charge in [0.2, 0.25) is 0 Å². The number of carbonyl (C=O) groups is 2. The topological polar surface area (TPSA) is 136 Å². The van der Waals surface area contributed by atoms with Crippen LogP contribution in [0.5, 0.6) is 0 Å². The number of nitrogens with one attached hydrogen (secondary N) is 2. The van der Waals surface area contributed by atoms with Crippen LogP contribution in [0, 0.1) is 0 Å². The highest BCUT2D eigenvalue weighted by molar-refractivity contribution is 8.32. The van der Waals surface area contributed by atoms with Crippen LogP contribution >= 0.6 is 10.0 Å². The Labute approximate surface area is 309 Å². The summed E-state index contributed by atoms with van der Waals surface area (Å²) >= 11 is 0. The van der Waals surface area contributed by atoms with Gasteiger partial charge in [-0.25, -0.2) is 29.6 Å². The van der Waals surface area contributed by atoms with Crippen molar-refractivity contribution in [2.45, 2.75) is 91.3 Å². The quantitative estimate of drug-likeness (QED) is 0.147. The number of aromatic amines is 1. The average molecular weight is 734 g/mol. The minimum atomic E-state index is -0.705. The van der Waals surface area contributed by atoms with Gasteiger partial charge in [0.1, 0.15) is 29.6 Å². The molecular weight excluding hydrogens is 679 g/mol. The number of carbonyl (C=O) groups excluding carboxylic acids is 2. The molecule has 4 heterocycles. The molecule has 0 saturated carbocycles. The van der Waals surface area contributed by atoms with Gasteiger partial charge in [0, 0.05) is 29.6 Å². The molecule has 0 radical (unpaired) electrons. The Morgan fingerprint density at radius 3 is 2.21 bits per heavy atom. The summed E-state index contributed by atoms with van der Waals surface area (Å²) in [6, 6.07) is 11.6. The predicted octanol–water partition coefficient (Wildman–Crippen LogP) is 8.33. The monoisotopic (exact) mass is 733 g/mol. The summed E-state index contributed by atoms with van der Waals surface area (Å²) in [7, 11) is -0.705. The second-order valence-electron chi connectivity index (χ2n) is 16.2. The maximum absolute atomic E-state index is 12.8. The fraction of sp³-hybridized carbons (Fsp3) is 0.513. The number of amides is 2. The molecule has 0 spiro atoms. The summed E-state index contributed by atoms with van der Waals surface area (Å²) in [5.41, 5.74) is 4.23. The van der Waals surface area contributed by atoms with E-state index in [-0.39, 0.29) is 12.1 Å². The molecule has 4 aromatic rings. The lowest BCUT2D eigenvalue weighted by Crippen LogP contribution is -2.36. The van der Waals surface area contributed by atoms with Gasteiger partial charge in [-0.05, 0) is 97.8 Å². The highest BCUT2D eigenvalue weighted by Crippen LogP contribution is 2.35. The number of pyridine rings is 1. The summed E-state index contributed by atoms with van der Waals surface area (Å²) in [6.07, 6.45) is 13.2. The van der Waals surface area contributed by atoms with Gasteiger partial charge < -0.3 is 29.1 Å². The Kier molecular flexibility index (Phi) is 11.7. The zero-order valence-corrected chi connectivity index (χ0v) is 33.1. The number of hydrogen-bond acceptors (Lipinski definition) is 8. The SMILES string of the molecule is C[C@H](NC(=O)OC(C)(C)C)c1ncc(-c2ccc(-c3ccc(-c4cnc([C@@H]5CCCN5C(=O)OC(C)(C)C)[nH]4)cc3)nc2)n1COCCS(C)(C)C. The standard InChI is InChI=1S/C39H55N7O5S/c1-26(43-36(47)50-38(2,3)4)35-42-24-33(46(35)25-49-20-21-52(8,9)10)29-17-18-30(40-22-29)27-13-15-28(16-14-27)31-23-41-34(44-31)32-12-11-19-45(32)37(48)51-39(5,6)7/h13-18,22-24,26,32H,11-12,19-21,25H2,1-10H3,(H,41,44)(H,43,47)/t26-,32-/m0/s1. The fourth-order valence-electron chi connectivity index (χ4n) is 5.89. The lowest BCUT2D eigenvalue weighted by Gasteiger charge is -2.27. The van der Waals surface area contributed by atoms with E-state index in [1.807, 2.05) is 102 Å². The van der Waals surface area contributed by atoms with Crippen molar-refractivity contribution >= 4 is 22.2 Å². The molecule has 1 aliphatic heterocycles. The van der Waals surface area contributed by atoms with Crippen LogP contribution < -0.4 is 5.32 Å². The minimum Gasteiger partial charge on any atom is -0.444 e. The van der Waals surface area contributed by atoms with Crippen molar-refractivity contribution in [3.05, 3.63) is 66.6 Å². The van der Waals surface area contributed by atoms with Crippen molar-refractivity contribution < 1.29 is 23.8 Å². The molecule has 13 heteroatoms. The minimum absolute atomic E-state index is 0.140. The summed E-state index contributed by atoms with van der Waals surface area (Å²) in [4.78, 5) is 44.8. The lowest BCUT2D eigenvalue weighted by molar-refractivity contribution is 0.0218. The molecule has 12 nitrogen and oxygen atoms in total. The number of hydrogen-bond donors (Lipinski definition) is 2. The first-order valence-electron chi connectivity index (χ1n) is 17.8. The van der Waals surface area contributed by atoms with Crippen molar-refractivity contribution in [2.24, 2.45) is 0 Å². The van der Waals surface area contributed by atoms with Crippen molar-refractivity contribution in [1.82, 2.24) is 34.7 Å². The molecule has 1 aliphatic rings. The van der Waals surface area contributed by atoms with Gasteiger partial charge >= 0.3 is 12.2 Å². The van der Waals surface area contributed by atoms with Crippen LogP contribution in [0.15, 0.2) is 55.0 Å². The molecule has 1 aromatic carbocycles. The number of likely N-dealkylation sites (tertiary alicyclic amines) is 1. The molecule has 1 saturated heterocycles. The Balaban J connectivity index is 1.30. The van der Waals surface area contributed by atoms with Crippen molar-refractivity contribution in [1.29, 1.82) is 0 Å². The first-order valence-corrected chi connectivity index (χ1v) is 20.8. The number of imidazole rings is 2. The van der Waals surface area contributed by atoms with E-state index < -0.39 is 33.4 Å². The van der Waals surface area contributed by atoms with E-state index in [1.54, 1.807) is 11.1 Å². The van der Waals surface area contributed by atoms with E-state index >= 15 is 0 Å². The maximum atomic E-state index is 12.8. The molecular formula is C39H55N7O5S. The smallest absolute Gasteiger partial charge is 0.410 e. The number of alkyl carbamates (subject to hydrolysis) is 1. The second-order valence-corrected chi connectivity index (χ2v) is 20.7. The van der Waals surface area contributed by atoms with E-state index in [0.717, 1.165) is 58.2 Å². The fourth-order valence-corrected chi connectivity index (χ4v) is 6.51. The van der Waals surface area contributed by atoms with Gasteiger partial charge in [-0.2, -0.15) is 0 Å². The third-order valence-electron chi connectivity index (χ3n) is 8.41. The van der Waals surface area contributed by atoms with Crippen LogP contribution in [-0.2, 0) is 20.9 Å². The number of aromatic nitrogens is 5. The van der Waals surface area contributed by atoms with Crippen LogP contribution in [0.25, 0.3) is 33.8 Å². The summed E-state index contributed by atoms with van der Waals surface area (Å²) in [6.45, 7) is 14.6. The summed E-state index contributed by atoms with van der Waals surface area (Å²) in [5.74, 6) is 2.41. The molecule has 282 valence electrons. The molecule has 0 unspecified atom stereocenters. The van der Waals surface area contributed by atoms with Crippen LogP contribution in [0.1, 0.15) is 85.0 Å². The van der Waals surface area contributed by atoms with Crippen LogP contribution in [-0.4, -0.2) is 90.5 Å². The largest absolute Gasteiger partial charge is 0.444 e. The van der Waals surface area contributed by atoms with Gasteiger partial charge in [0.25, 0.3) is 0 Å². The molecule has 2 atom stereocenters. The maximum Gasteiger partial charge on any atom is 0.410 e. The van der Waals surface area contributed by atoms with Gasteiger partial charge in [-0.15, -0.1) is 0 Å². The normalized spacial score (nSPS) is 16.1. The first-order chi connectivity index (χ1) is 24.4. The van der Waals surface area contributed by atoms with Gasteiger partial charge in [-0.3, -0.25) is 9.88 Å². The molecule has 0 bridgehead atoms. The average Bonchev–Trinajstić information content (AvgIpc) is 3.81. The molecule has 3 aromatic heterocycles. The molecule has 2 amide bonds. The van der Waals surface area contributed by atoms with Crippen LogP contribution in [0.4, 0.5) is 9.59 Å². The number of ether oxygens (including phenoxy) is 3. The van der Waals surface area contributed by atoms with Crippen LogP contribution in [0.2, 0.25) is 0 Å². The summed E-state index contributed by atoms with van der Waals surface area (Å²) in [5, 5.41) is 2.91. The van der Waals surface area contributed by atoms with E-state index in [9.17, 15) is 9.59 Å². The third kappa shape index (κ3) is 10.4. The highest BCUT2D eigenvalue weighted by atomic mass is 32.3. The molecule has 52 heavy (non-hydrogen) atoms. The number of H-pyrrole nitrogens is 1. The van der Waals surface area contributed by atoms with E-state index in [2.05, 4.69) is 34.1 Å². The molecule has 1 fully saturated rings. The zero-order chi connectivity index (χ0) is 37.8. The van der Waals surface area contributed by atoms with E-state index in [1.165, 1.54) is 0 Å². The molecule has 0 aliphatic carbocycles. The molecule has 2 N–H and O–H groups in total. The second kappa shape index (κ2) is 15.7. The van der Waals surface area contributed by atoms with E-state index in [4.69, 9.17) is 24.2 Å². The van der Waals surface area contributed by atoms with Gasteiger partial charge in [-0.1, -0.05) is 24.3 Å². The third-order valence-corrected chi connectivity index (χ3v) is 9.80. The Bertz CT molecular complexity index is 1820. The van der Waals surface area contributed by atoms with E-state index in [0.29, 0.717) is 25.7 Å². The highest BCUT2D eigenvalue weighted by Gasteiger charge is 2.35.